The number of hydrogen-bond acceptors (Lipinski definition) is 3. The molecule has 0 radical (unpaired) electrons. The Hall–Kier alpha value is -1.41. The summed E-state index contributed by atoms with van der Waals surface area (Å²) in [4.78, 5) is 1.13. The highest BCUT2D eigenvalue weighted by atomic mass is 19.2. The van der Waals surface area contributed by atoms with Crippen LogP contribution in [0.15, 0.2) is 0 Å². The Morgan fingerprint density at radius 3 is 2.05 bits per heavy atom. The molecule has 1 aliphatic rings. The van der Waals surface area contributed by atoms with Crippen LogP contribution in [0.4, 0.5) is 27.6 Å². The quantitative estimate of drug-likeness (QED) is 0.529. The summed E-state index contributed by atoms with van der Waals surface area (Å²) in [6, 6.07) is -0.558. The zero-order chi connectivity index (χ0) is 15.7. The van der Waals surface area contributed by atoms with Gasteiger partial charge in [0.2, 0.25) is 5.82 Å². The van der Waals surface area contributed by atoms with Gasteiger partial charge in [-0.1, -0.05) is 0 Å². The Morgan fingerprint density at radius 1 is 1.05 bits per heavy atom. The summed E-state index contributed by atoms with van der Waals surface area (Å²) in [6.07, 6.45) is 0.606. The zero-order valence-corrected chi connectivity index (χ0v) is 11.3. The maximum atomic E-state index is 13.8. The molecule has 1 fully saturated rings. The fraction of sp³-hybridized carbons (Fsp3) is 0.538. The van der Waals surface area contributed by atoms with Crippen molar-refractivity contribution in [3.05, 3.63) is 29.1 Å². The number of halogens is 5. The number of piperidine rings is 1. The van der Waals surface area contributed by atoms with Gasteiger partial charge in [0.05, 0.1) is 6.10 Å². The molecule has 8 heteroatoms. The number of nitrogens with zero attached hydrogens (tertiary/aromatic N) is 1. The van der Waals surface area contributed by atoms with E-state index in [0.717, 1.165) is 4.90 Å². The van der Waals surface area contributed by atoms with Gasteiger partial charge in [-0.3, -0.25) is 0 Å². The highest BCUT2D eigenvalue weighted by molar-refractivity contribution is 5.52. The molecule has 2 N–H and O–H groups in total. The molecule has 2 rings (SSSR count). The van der Waals surface area contributed by atoms with E-state index >= 15 is 0 Å². The first-order valence-electron chi connectivity index (χ1n) is 6.43. The van der Waals surface area contributed by atoms with Gasteiger partial charge in [0, 0.05) is 26.2 Å². The molecule has 1 aliphatic heterocycles. The van der Waals surface area contributed by atoms with E-state index in [2.05, 4.69) is 0 Å². The number of hydrogen-bond donors (Lipinski definition) is 1. The topological polar surface area (TPSA) is 38.5 Å². The SMILES string of the molecule is COC1CCN(c2c(F)c(F)c(F)c(F)c2F)C(CN)C1. The van der Waals surface area contributed by atoms with Gasteiger partial charge >= 0.3 is 0 Å². The maximum absolute atomic E-state index is 13.8. The monoisotopic (exact) mass is 310 g/mol. The molecule has 21 heavy (non-hydrogen) atoms. The van der Waals surface area contributed by atoms with Crippen LogP contribution in [-0.4, -0.2) is 32.3 Å². The Kier molecular flexibility index (Phi) is 4.67. The summed E-state index contributed by atoms with van der Waals surface area (Å²) in [5, 5.41) is 0. The predicted octanol–water partition coefficient (Wildman–Crippen LogP) is 2.32. The van der Waals surface area contributed by atoms with Crippen molar-refractivity contribution in [3.8, 4) is 0 Å². The molecule has 0 aliphatic carbocycles. The van der Waals surface area contributed by atoms with Crippen LogP contribution < -0.4 is 10.6 Å². The van der Waals surface area contributed by atoms with Crippen molar-refractivity contribution in [2.45, 2.75) is 25.0 Å². The third kappa shape index (κ3) is 2.69. The van der Waals surface area contributed by atoms with Gasteiger partial charge < -0.3 is 15.4 Å². The van der Waals surface area contributed by atoms with Crippen molar-refractivity contribution >= 4 is 5.69 Å². The first-order chi connectivity index (χ1) is 9.92. The number of anilines is 1. The molecular formula is C13H15F5N2O. The zero-order valence-electron chi connectivity index (χ0n) is 11.3. The van der Waals surface area contributed by atoms with E-state index in [9.17, 15) is 22.0 Å². The Balaban J connectivity index is 2.46. The van der Waals surface area contributed by atoms with Crippen LogP contribution in [0.5, 0.6) is 0 Å². The summed E-state index contributed by atoms with van der Waals surface area (Å²) < 4.78 is 72.5. The highest BCUT2D eigenvalue weighted by Crippen LogP contribution is 2.34. The standard InChI is InChI=1S/C13H15F5N2O/c1-21-7-2-3-20(6(4-7)5-19)13-11(17)9(15)8(14)10(16)12(13)18/h6-7H,2-5,19H2,1H3. The first kappa shape index (κ1) is 16.0. The third-order valence-electron chi connectivity index (χ3n) is 3.75. The molecule has 2 atom stereocenters. The van der Waals surface area contributed by atoms with Crippen molar-refractivity contribution in [2.24, 2.45) is 5.73 Å². The lowest BCUT2D eigenvalue weighted by atomic mass is 9.98. The molecule has 3 nitrogen and oxygen atoms in total. The molecule has 1 aromatic carbocycles. The van der Waals surface area contributed by atoms with Crippen LogP contribution in [0.1, 0.15) is 12.8 Å². The van der Waals surface area contributed by atoms with Gasteiger partial charge in [-0.2, -0.15) is 0 Å². The van der Waals surface area contributed by atoms with Crippen LogP contribution >= 0.6 is 0 Å². The first-order valence-corrected chi connectivity index (χ1v) is 6.43. The molecule has 1 aromatic rings. The van der Waals surface area contributed by atoms with E-state index < -0.39 is 40.8 Å². The van der Waals surface area contributed by atoms with Crippen LogP contribution in [0, 0.1) is 29.1 Å². The fourth-order valence-corrected chi connectivity index (χ4v) is 2.59. The second-order valence-corrected chi connectivity index (χ2v) is 4.88. The summed E-state index contributed by atoms with van der Waals surface area (Å²) >= 11 is 0. The van der Waals surface area contributed by atoms with Gasteiger partial charge in [-0.25, -0.2) is 22.0 Å². The number of benzene rings is 1. The van der Waals surface area contributed by atoms with Crippen molar-refractivity contribution in [3.63, 3.8) is 0 Å². The average Bonchev–Trinajstić information content (AvgIpc) is 2.51. The average molecular weight is 310 g/mol. The van der Waals surface area contributed by atoms with E-state index in [-0.39, 0.29) is 19.2 Å². The van der Waals surface area contributed by atoms with Crippen LogP contribution in [-0.2, 0) is 4.74 Å². The lowest BCUT2D eigenvalue weighted by Gasteiger charge is -2.40. The lowest BCUT2D eigenvalue weighted by molar-refractivity contribution is 0.0705. The van der Waals surface area contributed by atoms with Crippen molar-refractivity contribution in [1.29, 1.82) is 0 Å². The van der Waals surface area contributed by atoms with Crippen LogP contribution in [0.3, 0.4) is 0 Å². The normalized spacial score (nSPS) is 22.7. The minimum absolute atomic E-state index is 0.0132. The molecule has 1 heterocycles. The molecule has 118 valence electrons. The van der Waals surface area contributed by atoms with Gasteiger partial charge in [-0.05, 0) is 12.8 Å². The van der Waals surface area contributed by atoms with Gasteiger partial charge in [0.1, 0.15) is 5.69 Å². The molecule has 0 saturated carbocycles. The minimum atomic E-state index is -2.16. The predicted molar refractivity (Wildman–Crippen MR) is 66.5 cm³/mol. The molecular weight excluding hydrogens is 295 g/mol. The Labute approximate surface area is 118 Å². The molecule has 2 unspecified atom stereocenters. The number of methoxy groups -OCH3 is 1. The van der Waals surface area contributed by atoms with E-state index in [4.69, 9.17) is 10.5 Å². The molecule has 1 saturated heterocycles. The number of nitrogens with two attached hydrogens (primary N) is 1. The second kappa shape index (κ2) is 6.15. The number of rotatable bonds is 3. The van der Waals surface area contributed by atoms with E-state index in [1.54, 1.807) is 0 Å². The molecule has 0 aromatic heterocycles. The summed E-state index contributed by atoms with van der Waals surface area (Å²) in [7, 11) is 1.49. The van der Waals surface area contributed by atoms with E-state index in [1.165, 1.54) is 7.11 Å². The van der Waals surface area contributed by atoms with Crippen molar-refractivity contribution in [1.82, 2.24) is 0 Å². The van der Waals surface area contributed by atoms with E-state index in [0.29, 0.717) is 12.8 Å². The molecule has 0 amide bonds. The van der Waals surface area contributed by atoms with Crippen LogP contribution in [0.2, 0.25) is 0 Å². The van der Waals surface area contributed by atoms with Crippen molar-refractivity contribution in [2.75, 3.05) is 25.1 Å². The largest absolute Gasteiger partial charge is 0.381 e. The Bertz CT molecular complexity index is 511. The highest BCUT2D eigenvalue weighted by Gasteiger charge is 2.35. The molecule has 0 spiro atoms. The minimum Gasteiger partial charge on any atom is -0.381 e. The second-order valence-electron chi connectivity index (χ2n) is 4.88. The number of ether oxygens (including phenoxy) is 1. The van der Waals surface area contributed by atoms with E-state index in [1.807, 2.05) is 0 Å². The van der Waals surface area contributed by atoms with Crippen LogP contribution in [0.25, 0.3) is 0 Å². The summed E-state index contributed by atoms with van der Waals surface area (Å²) in [6.45, 7) is 0.109. The Morgan fingerprint density at radius 2 is 1.57 bits per heavy atom. The van der Waals surface area contributed by atoms with Gasteiger partial charge in [0.15, 0.2) is 23.3 Å². The van der Waals surface area contributed by atoms with Gasteiger partial charge in [-0.15, -0.1) is 0 Å². The maximum Gasteiger partial charge on any atom is 0.200 e. The van der Waals surface area contributed by atoms with Crippen molar-refractivity contribution < 1.29 is 26.7 Å². The molecule has 0 bridgehead atoms. The summed E-state index contributed by atoms with van der Waals surface area (Å²) in [5.74, 6) is -9.73. The fourth-order valence-electron chi connectivity index (χ4n) is 2.59. The smallest absolute Gasteiger partial charge is 0.200 e. The van der Waals surface area contributed by atoms with Gasteiger partial charge in [0.25, 0.3) is 0 Å². The lowest BCUT2D eigenvalue weighted by Crippen LogP contribution is -2.49. The third-order valence-corrected chi connectivity index (χ3v) is 3.75. The summed E-state index contributed by atoms with van der Waals surface area (Å²) in [5.41, 5.74) is 4.63.